The van der Waals surface area contributed by atoms with E-state index >= 15 is 0 Å². The molecule has 0 spiro atoms. The molecule has 6 heteroatoms. The van der Waals surface area contributed by atoms with Crippen LogP contribution >= 0.6 is 0 Å². The largest absolute Gasteiger partial charge is 0.368 e. The molecule has 0 saturated carbocycles. The molecule has 6 nitrogen and oxygen atoms in total. The van der Waals surface area contributed by atoms with E-state index in [1.54, 1.807) is 6.07 Å². The van der Waals surface area contributed by atoms with Crippen molar-refractivity contribution >= 4 is 17.6 Å². The van der Waals surface area contributed by atoms with E-state index in [4.69, 9.17) is 11.6 Å². The number of aromatic nitrogens is 2. The van der Waals surface area contributed by atoms with Crippen molar-refractivity contribution in [3.05, 3.63) is 6.07 Å². The van der Waals surface area contributed by atoms with E-state index in [-0.39, 0.29) is 5.95 Å². The Morgan fingerprint density at radius 2 is 2.13 bits per heavy atom. The van der Waals surface area contributed by atoms with Gasteiger partial charge in [-0.25, -0.2) is 5.84 Å². The summed E-state index contributed by atoms with van der Waals surface area (Å²) in [7, 11) is 0. The van der Waals surface area contributed by atoms with Crippen LogP contribution in [0.3, 0.4) is 0 Å². The van der Waals surface area contributed by atoms with E-state index in [1.165, 1.54) is 0 Å². The Kier molecular flexibility index (Phi) is 3.68. The molecule has 0 amide bonds. The Morgan fingerprint density at radius 1 is 1.47 bits per heavy atom. The third kappa shape index (κ3) is 2.69. The number of hydrazine groups is 1. The Morgan fingerprint density at radius 3 is 2.60 bits per heavy atom. The molecule has 1 heterocycles. The minimum absolute atomic E-state index is 0.222. The van der Waals surface area contributed by atoms with Gasteiger partial charge in [0.15, 0.2) is 0 Å². The fraction of sp³-hybridized carbons (Fsp3) is 0.556. The van der Waals surface area contributed by atoms with E-state index in [1.807, 2.05) is 0 Å². The first-order chi connectivity index (χ1) is 7.08. The van der Waals surface area contributed by atoms with Crippen molar-refractivity contribution < 1.29 is 0 Å². The maximum Gasteiger partial charge on any atom is 0.223 e. The zero-order valence-corrected chi connectivity index (χ0v) is 9.36. The van der Waals surface area contributed by atoms with Crippen molar-refractivity contribution in [2.75, 3.05) is 22.6 Å². The van der Waals surface area contributed by atoms with Crippen LogP contribution in [0, 0.1) is 0 Å². The fourth-order valence-electron chi connectivity index (χ4n) is 1.47. The van der Waals surface area contributed by atoms with Gasteiger partial charge in [0.25, 0.3) is 0 Å². The molecule has 1 aromatic heterocycles. The van der Waals surface area contributed by atoms with Crippen LogP contribution in [-0.4, -0.2) is 22.6 Å². The molecule has 0 radical (unpaired) electrons. The van der Waals surface area contributed by atoms with Crippen molar-refractivity contribution in [3.8, 4) is 0 Å². The molecule has 0 saturated heterocycles. The summed E-state index contributed by atoms with van der Waals surface area (Å²) in [5.41, 5.74) is 8.05. The molecule has 0 aliphatic carbocycles. The Balaban J connectivity index is 3.06. The molecular weight excluding hydrogens is 192 g/mol. The normalized spacial score (nSPS) is 10.5. The third-order valence-electron chi connectivity index (χ3n) is 2.14. The topological polar surface area (TPSA) is 93.1 Å². The van der Waals surface area contributed by atoms with E-state index in [0.717, 1.165) is 12.4 Å². The summed E-state index contributed by atoms with van der Waals surface area (Å²) in [6, 6.07) is 2.13. The summed E-state index contributed by atoms with van der Waals surface area (Å²) in [6.07, 6.45) is 0. The first kappa shape index (κ1) is 11.5. The average molecular weight is 210 g/mol. The van der Waals surface area contributed by atoms with E-state index < -0.39 is 0 Å². The van der Waals surface area contributed by atoms with Crippen molar-refractivity contribution in [1.29, 1.82) is 0 Å². The highest BCUT2D eigenvalue weighted by Crippen LogP contribution is 2.18. The maximum absolute atomic E-state index is 5.58. The molecule has 0 unspecified atom stereocenters. The second-order valence-corrected chi connectivity index (χ2v) is 3.49. The molecule has 0 aliphatic rings. The van der Waals surface area contributed by atoms with Crippen LogP contribution in [0.2, 0.25) is 0 Å². The van der Waals surface area contributed by atoms with Gasteiger partial charge in [-0.05, 0) is 20.8 Å². The van der Waals surface area contributed by atoms with E-state index in [9.17, 15) is 0 Å². The lowest BCUT2D eigenvalue weighted by atomic mass is 10.3. The highest BCUT2D eigenvalue weighted by Gasteiger charge is 2.11. The number of nitrogens with zero attached hydrogens (tertiary/aromatic N) is 3. The molecular formula is C9H18N6. The number of hydrogen-bond acceptors (Lipinski definition) is 6. The second-order valence-electron chi connectivity index (χ2n) is 3.49. The van der Waals surface area contributed by atoms with Crippen LogP contribution in [0.1, 0.15) is 20.8 Å². The summed E-state index contributed by atoms with van der Waals surface area (Å²) >= 11 is 0. The number of anilines is 3. The van der Waals surface area contributed by atoms with Gasteiger partial charge >= 0.3 is 0 Å². The van der Waals surface area contributed by atoms with Gasteiger partial charge in [-0.2, -0.15) is 9.97 Å². The highest BCUT2D eigenvalue weighted by atomic mass is 15.3. The molecule has 0 bridgehead atoms. The molecule has 1 rings (SSSR count). The zero-order chi connectivity index (χ0) is 11.4. The quantitative estimate of drug-likeness (QED) is 0.497. The summed E-state index contributed by atoms with van der Waals surface area (Å²) < 4.78 is 0. The van der Waals surface area contributed by atoms with Gasteiger partial charge in [-0.15, -0.1) is 0 Å². The average Bonchev–Trinajstić information content (AvgIpc) is 2.17. The Labute approximate surface area is 89.7 Å². The van der Waals surface area contributed by atoms with Gasteiger partial charge in [0.05, 0.1) is 0 Å². The van der Waals surface area contributed by atoms with E-state index in [2.05, 4.69) is 41.1 Å². The van der Waals surface area contributed by atoms with Crippen LogP contribution in [0.5, 0.6) is 0 Å². The van der Waals surface area contributed by atoms with Crippen LogP contribution in [0.15, 0.2) is 6.07 Å². The Hall–Kier alpha value is -1.56. The highest BCUT2D eigenvalue weighted by molar-refractivity contribution is 5.52. The lowest BCUT2D eigenvalue weighted by Crippen LogP contribution is -2.31. The number of nitrogen functional groups attached to an aromatic ring is 2. The van der Waals surface area contributed by atoms with Gasteiger partial charge in [0.2, 0.25) is 5.95 Å². The summed E-state index contributed by atoms with van der Waals surface area (Å²) in [5, 5.41) is 0. The van der Waals surface area contributed by atoms with Crippen LogP contribution in [-0.2, 0) is 0 Å². The minimum atomic E-state index is 0.222. The lowest BCUT2D eigenvalue weighted by molar-refractivity contribution is 0.693. The zero-order valence-electron chi connectivity index (χ0n) is 9.36. The maximum atomic E-state index is 5.58. The number of nitrogens with one attached hydrogen (secondary N) is 1. The molecule has 0 aliphatic heterocycles. The lowest BCUT2D eigenvalue weighted by Gasteiger charge is -2.26. The first-order valence-electron chi connectivity index (χ1n) is 4.96. The predicted octanol–water partition coefficient (Wildman–Crippen LogP) is 0.579. The fourth-order valence-corrected chi connectivity index (χ4v) is 1.47. The molecule has 15 heavy (non-hydrogen) atoms. The summed E-state index contributed by atoms with van der Waals surface area (Å²) in [4.78, 5) is 10.2. The van der Waals surface area contributed by atoms with Crippen molar-refractivity contribution in [1.82, 2.24) is 9.97 Å². The molecule has 84 valence electrons. The van der Waals surface area contributed by atoms with Crippen LogP contribution < -0.4 is 21.9 Å². The predicted molar refractivity (Wildman–Crippen MR) is 62.4 cm³/mol. The van der Waals surface area contributed by atoms with Gasteiger partial charge < -0.3 is 16.1 Å². The van der Waals surface area contributed by atoms with Gasteiger partial charge in [0, 0.05) is 18.7 Å². The van der Waals surface area contributed by atoms with Crippen LogP contribution in [0.25, 0.3) is 0 Å². The van der Waals surface area contributed by atoms with Crippen molar-refractivity contribution in [2.24, 2.45) is 5.84 Å². The smallest absolute Gasteiger partial charge is 0.223 e. The second kappa shape index (κ2) is 4.79. The standard InChI is InChI=1S/C9H18N6/c1-4-15(6(2)3)8-5-7(14-11)12-9(10)13-8/h5-6H,4,11H2,1-3H3,(H3,10,12,13,14). The summed E-state index contributed by atoms with van der Waals surface area (Å²) in [5.74, 6) is 6.82. The molecule has 1 aromatic rings. The Bertz CT molecular complexity index is 324. The minimum Gasteiger partial charge on any atom is -0.368 e. The number of hydrogen-bond donors (Lipinski definition) is 3. The molecule has 0 fully saturated rings. The van der Waals surface area contributed by atoms with E-state index in [0.29, 0.717) is 11.9 Å². The summed E-state index contributed by atoms with van der Waals surface area (Å²) in [6.45, 7) is 7.11. The molecule has 0 aromatic carbocycles. The third-order valence-corrected chi connectivity index (χ3v) is 2.14. The van der Waals surface area contributed by atoms with Crippen molar-refractivity contribution in [2.45, 2.75) is 26.8 Å². The van der Waals surface area contributed by atoms with Crippen LogP contribution in [0.4, 0.5) is 17.6 Å². The van der Waals surface area contributed by atoms with Crippen molar-refractivity contribution in [3.63, 3.8) is 0 Å². The monoisotopic (exact) mass is 210 g/mol. The first-order valence-corrected chi connectivity index (χ1v) is 4.96. The number of rotatable bonds is 4. The number of nitrogens with two attached hydrogens (primary N) is 2. The molecule has 5 N–H and O–H groups in total. The SMILES string of the molecule is CCN(c1cc(NN)nc(N)n1)C(C)C. The van der Waals surface area contributed by atoms with Gasteiger partial charge in [-0.1, -0.05) is 0 Å². The van der Waals surface area contributed by atoms with Gasteiger partial charge in [-0.3, -0.25) is 0 Å². The molecule has 0 atom stereocenters. The van der Waals surface area contributed by atoms with Gasteiger partial charge in [0.1, 0.15) is 11.6 Å².